The van der Waals surface area contributed by atoms with Gasteiger partial charge in [-0.05, 0) is 31.4 Å². The lowest BCUT2D eigenvalue weighted by atomic mass is 9.76. The molecule has 1 fully saturated rings. The highest BCUT2D eigenvalue weighted by Gasteiger charge is 2.46. The minimum atomic E-state index is -2.57. The third-order valence-corrected chi connectivity index (χ3v) is 3.37. The largest absolute Gasteiger partial charge is 0.480 e. The van der Waals surface area contributed by atoms with E-state index in [-0.39, 0.29) is 5.69 Å². The van der Waals surface area contributed by atoms with E-state index in [9.17, 15) is 18.4 Å². The third-order valence-electron chi connectivity index (χ3n) is 3.37. The Bertz CT molecular complexity index is 495. The lowest BCUT2D eigenvalue weighted by molar-refractivity contribution is -0.148. The van der Waals surface area contributed by atoms with Gasteiger partial charge >= 0.3 is 5.97 Å². The number of hydrogen-bond acceptors (Lipinski definition) is 2. The topological polar surface area (TPSA) is 71.3 Å². The minimum absolute atomic E-state index is 0.0489. The van der Waals surface area contributed by atoms with Crippen molar-refractivity contribution in [1.82, 2.24) is 9.88 Å². The van der Waals surface area contributed by atoms with Crippen LogP contribution < -0.4 is 5.32 Å². The zero-order valence-corrected chi connectivity index (χ0v) is 10.1. The van der Waals surface area contributed by atoms with Crippen molar-refractivity contribution >= 4 is 11.9 Å². The molecule has 19 heavy (non-hydrogen) atoms. The predicted molar refractivity (Wildman–Crippen MR) is 62.1 cm³/mol. The molecule has 1 aromatic heterocycles. The maximum Gasteiger partial charge on any atom is 0.329 e. The Labute approximate surface area is 108 Å². The van der Waals surface area contributed by atoms with Crippen LogP contribution in [0.2, 0.25) is 0 Å². The molecule has 0 atom stereocenters. The van der Waals surface area contributed by atoms with Crippen LogP contribution in [0.15, 0.2) is 18.3 Å². The van der Waals surface area contributed by atoms with Gasteiger partial charge in [0.1, 0.15) is 11.2 Å². The summed E-state index contributed by atoms with van der Waals surface area (Å²) < 4.78 is 25.8. The van der Waals surface area contributed by atoms with Crippen LogP contribution in [0.3, 0.4) is 0 Å². The first-order chi connectivity index (χ1) is 8.94. The van der Waals surface area contributed by atoms with Crippen molar-refractivity contribution in [1.29, 1.82) is 0 Å². The van der Waals surface area contributed by atoms with Gasteiger partial charge in [0.05, 0.1) is 6.54 Å². The predicted octanol–water partition coefficient (Wildman–Crippen LogP) is 1.49. The summed E-state index contributed by atoms with van der Waals surface area (Å²) >= 11 is 0. The van der Waals surface area contributed by atoms with E-state index < -0.39 is 30.4 Å². The van der Waals surface area contributed by atoms with E-state index in [1.807, 2.05) is 0 Å². The number of nitrogens with zero attached hydrogens (tertiary/aromatic N) is 1. The van der Waals surface area contributed by atoms with Gasteiger partial charge in [-0.2, -0.15) is 0 Å². The second-order valence-corrected chi connectivity index (χ2v) is 4.63. The number of nitrogens with one attached hydrogen (secondary N) is 1. The lowest BCUT2D eigenvalue weighted by Gasteiger charge is -2.38. The van der Waals surface area contributed by atoms with Crippen molar-refractivity contribution in [3.8, 4) is 0 Å². The standard InChI is InChI=1S/C12H14F2N2O3/c13-9(14)7-16-6-1-3-8(16)10(17)15-12(11(18)19)4-2-5-12/h1,3,6,9H,2,4-5,7H2,(H,15,17)(H,18,19). The van der Waals surface area contributed by atoms with Gasteiger partial charge in [-0.3, -0.25) is 4.79 Å². The minimum Gasteiger partial charge on any atom is -0.480 e. The quantitative estimate of drug-likeness (QED) is 0.853. The summed E-state index contributed by atoms with van der Waals surface area (Å²) in [5.41, 5.74) is -1.19. The molecule has 0 spiro atoms. The molecule has 0 aromatic carbocycles. The Hall–Kier alpha value is -1.92. The van der Waals surface area contributed by atoms with Crippen molar-refractivity contribution in [3.05, 3.63) is 24.0 Å². The van der Waals surface area contributed by atoms with Crippen LogP contribution in [-0.4, -0.2) is 33.5 Å². The molecule has 7 heteroatoms. The van der Waals surface area contributed by atoms with Gasteiger partial charge < -0.3 is 15.0 Å². The molecule has 0 unspecified atom stereocenters. The van der Waals surface area contributed by atoms with Gasteiger partial charge in [0.25, 0.3) is 12.3 Å². The zero-order valence-electron chi connectivity index (χ0n) is 10.1. The van der Waals surface area contributed by atoms with E-state index in [0.29, 0.717) is 12.8 Å². The summed E-state index contributed by atoms with van der Waals surface area (Å²) in [5, 5.41) is 11.5. The van der Waals surface area contributed by atoms with E-state index >= 15 is 0 Å². The van der Waals surface area contributed by atoms with E-state index in [2.05, 4.69) is 5.32 Å². The molecule has 1 heterocycles. The molecule has 1 aliphatic rings. The fourth-order valence-electron chi connectivity index (χ4n) is 2.13. The van der Waals surface area contributed by atoms with E-state index in [0.717, 1.165) is 11.0 Å². The molecule has 1 aliphatic carbocycles. The highest BCUT2D eigenvalue weighted by Crippen LogP contribution is 2.32. The highest BCUT2D eigenvalue weighted by atomic mass is 19.3. The van der Waals surface area contributed by atoms with Crippen molar-refractivity contribution in [2.24, 2.45) is 0 Å². The van der Waals surface area contributed by atoms with Crippen molar-refractivity contribution in [2.75, 3.05) is 0 Å². The van der Waals surface area contributed by atoms with Gasteiger partial charge in [-0.15, -0.1) is 0 Å². The second-order valence-electron chi connectivity index (χ2n) is 4.63. The molecule has 0 aliphatic heterocycles. The summed E-state index contributed by atoms with van der Waals surface area (Å²) in [7, 11) is 0. The third kappa shape index (κ3) is 2.59. The molecule has 2 rings (SSSR count). The van der Waals surface area contributed by atoms with Crippen LogP contribution in [0, 0.1) is 0 Å². The fourth-order valence-corrected chi connectivity index (χ4v) is 2.13. The SMILES string of the molecule is O=C(NC1(C(=O)O)CCC1)c1cccn1CC(F)F. The van der Waals surface area contributed by atoms with E-state index in [1.54, 1.807) is 0 Å². The van der Waals surface area contributed by atoms with E-state index in [1.165, 1.54) is 18.3 Å². The first kappa shape index (κ1) is 13.5. The molecule has 0 bridgehead atoms. The second kappa shape index (κ2) is 4.99. The number of carbonyl (C=O) groups is 2. The summed E-state index contributed by atoms with van der Waals surface area (Å²) in [6, 6.07) is 2.87. The Morgan fingerprint density at radius 2 is 2.16 bits per heavy atom. The summed E-state index contributed by atoms with van der Waals surface area (Å²) in [5.74, 6) is -1.72. The van der Waals surface area contributed by atoms with Crippen LogP contribution in [0.25, 0.3) is 0 Å². The first-order valence-electron chi connectivity index (χ1n) is 5.94. The molecule has 1 aromatic rings. The number of aromatic nitrogens is 1. The van der Waals surface area contributed by atoms with Gasteiger partial charge in [0.15, 0.2) is 0 Å². The van der Waals surface area contributed by atoms with Crippen LogP contribution in [0.1, 0.15) is 29.8 Å². The molecule has 2 N–H and O–H groups in total. The fraction of sp³-hybridized carbons (Fsp3) is 0.500. The average molecular weight is 272 g/mol. The number of alkyl halides is 2. The van der Waals surface area contributed by atoms with Crippen LogP contribution in [0.5, 0.6) is 0 Å². The van der Waals surface area contributed by atoms with Gasteiger partial charge in [0.2, 0.25) is 0 Å². The molecule has 1 saturated carbocycles. The number of carboxylic acids is 1. The Kier molecular flexibility index (Phi) is 3.55. The lowest BCUT2D eigenvalue weighted by Crippen LogP contribution is -2.59. The van der Waals surface area contributed by atoms with Crippen molar-refractivity contribution < 1.29 is 23.5 Å². The Morgan fingerprint density at radius 1 is 1.47 bits per heavy atom. The maximum absolute atomic E-state index is 12.3. The number of carbonyl (C=O) groups excluding carboxylic acids is 1. The molecule has 0 radical (unpaired) electrons. The van der Waals surface area contributed by atoms with Crippen molar-refractivity contribution in [3.63, 3.8) is 0 Å². The van der Waals surface area contributed by atoms with E-state index in [4.69, 9.17) is 5.11 Å². The number of amides is 1. The number of carboxylic acid groups (broad SMARTS) is 1. The number of aliphatic carboxylic acids is 1. The Balaban J connectivity index is 2.12. The van der Waals surface area contributed by atoms with Gasteiger partial charge in [-0.25, -0.2) is 13.6 Å². The van der Waals surface area contributed by atoms with Crippen LogP contribution in [0.4, 0.5) is 8.78 Å². The molecule has 0 saturated heterocycles. The normalized spacial score (nSPS) is 17.0. The Morgan fingerprint density at radius 3 is 2.63 bits per heavy atom. The van der Waals surface area contributed by atoms with Crippen molar-refractivity contribution in [2.45, 2.75) is 37.8 Å². The van der Waals surface area contributed by atoms with Gasteiger partial charge in [-0.1, -0.05) is 0 Å². The highest BCUT2D eigenvalue weighted by molar-refractivity contribution is 5.97. The zero-order chi connectivity index (χ0) is 14.0. The monoisotopic (exact) mass is 272 g/mol. The summed E-state index contributed by atoms with van der Waals surface area (Å²) in [4.78, 5) is 23.1. The first-order valence-corrected chi connectivity index (χ1v) is 5.94. The van der Waals surface area contributed by atoms with Crippen LogP contribution >= 0.6 is 0 Å². The average Bonchev–Trinajstić information content (AvgIpc) is 2.69. The van der Waals surface area contributed by atoms with Crippen LogP contribution in [-0.2, 0) is 11.3 Å². The van der Waals surface area contributed by atoms with Gasteiger partial charge in [0, 0.05) is 6.20 Å². The number of halogens is 2. The molecule has 104 valence electrons. The molecular formula is C12H14F2N2O3. The molecular weight excluding hydrogens is 258 g/mol. The number of hydrogen-bond donors (Lipinski definition) is 2. The molecule has 1 amide bonds. The molecule has 5 nitrogen and oxygen atoms in total. The summed E-state index contributed by atoms with van der Waals surface area (Å²) in [6.45, 7) is -0.587. The number of rotatable bonds is 5. The smallest absolute Gasteiger partial charge is 0.329 e. The maximum atomic E-state index is 12.3. The summed E-state index contributed by atoms with van der Waals surface area (Å²) in [6.07, 6.45) is 0.253.